The van der Waals surface area contributed by atoms with E-state index >= 15 is 0 Å². The molecule has 1 aliphatic carbocycles. The molecule has 0 saturated carbocycles. The second-order valence-electron chi connectivity index (χ2n) is 4.99. The Kier molecular flexibility index (Phi) is 5.00. The summed E-state index contributed by atoms with van der Waals surface area (Å²) >= 11 is 0. The minimum absolute atomic E-state index is 0.257. The van der Waals surface area contributed by atoms with E-state index in [0.29, 0.717) is 18.5 Å². The smallest absolute Gasteiger partial charge is 0.157 e. The lowest BCUT2D eigenvalue weighted by Gasteiger charge is -2.30. The average Bonchev–Trinajstić information content (AvgIpc) is 2.57. The number of nitrogens with zero attached hydrogens (tertiary/aromatic N) is 1. The van der Waals surface area contributed by atoms with Crippen LogP contribution in [-0.4, -0.2) is 35.9 Å². The number of rotatable bonds is 6. The summed E-state index contributed by atoms with van der Waals surface area (Å²) in [5.41, 5.74) is 1.11. The molecule has 0 aliphatic heterocycles. The lowest BCUT2D eigenvalue weighted by Crippen LogP contribution is -2.41. The third-order valence-electron chi connectivity index (χ3n) is 3.02. The molecule has 0 aromatic rings. The molecule has 0 amide bonds. The fourth-order valence-electron chi connectivity index (χ4n) is 2.19. The van der Waals surface area contributed by atoms with Crippen LogP contribution in [0, 0.1) is 0 Å². The highest BCUT2D eigenvalue weighted by Gasteiger charge is 2.14. The van der Waals surface area contributed by atoms with Gasteiger partial charge in [-0.3, -0.25) is 9.69 Å². The van der Waals surface area contributed by atoms with Crippen molar-refractivity contribution in [1.29, 1.82) is 0 Å². The molecule has 92 valence electrons. The van der Waals surface area contributed by atoms with E-state index in [1.165, 1.54) is 0 Å². The van der Waals surface area contributed by atoms with Gasteiger partial charge in [-0.05, 0) is 34.1 Å². The number of carbonyl (C=O) groups is 1. The van der Waals surface area contributed by atoms with Crippen LogP contribution in [0.25, 0.3) is 0 Å². The van der Waals surface area contributed by atoms with Crippen LogP contribution in [0.4, 0.5) is 0 Å². The molecule has 0 bridgehead atoms. The molecule has 0 aromatic heterocycles. The van der Waals surface area contributed by atoms with Crippen molar-refractivity contribution in [1.82, 2.24) is 10.2 Å². The largest absolute Gasteiger partial charge is 0.387 e. The Bertz CT molecular complexity index is 261. The molecule has 1 N–H and O–H groups in total. The molecule has 1 rings (SSSR count). The maximum atomic E-state index is 11.0. The summed E-state index contributed by atoms with van der Waals surface area (Å²) in [5, 5.41) is 3.35. The molecule has 0 unspecified atom stereocenters. The predicted octanol–water partition coefficient (Wildman–Crippen LogP) is 1.94. The van der Waals surface area contributed by atoms with Crippen molar-refractivity contribution in [2.24, 2.45) is 0 Å². The van der Waals surface area contributed by atoms with Crippen molar-refractivity contribution in [2.75, 3.05) is 13.1 Å². The standard InChI is InChI=1S/C13H24N2O/c1-10(2)15(11(3)4)8-7-14-12-5-6-13(16)9-12/h9-11,14H,5-8H2,1-4H3. The van der Waals surface area contributed by atoms with Gasteiger partial charge < -0.3 is 5.32 Å². The predicted molar refractivity (Wildman–Crippen MR) is 67.3 cm³/mol. The van der Waals surface area contributed by atoms with Gasteiger partial charge in [0.15, 0.2) is 5.78 Å². The molecule has 0 saturated heterocycles. The number of ketones is 1. The van der Waals surface area contributed by atoms with Crippen molar-refractivity contribution in [3.63, 3.8) is 0 Å². The lowest BCUT2D eigenvalue weighted by atomic mass is 10.2. The van der Waals surface area contributed by atoms with Crippen LogP contribution in [0.15, 0.2) is 11.8 Å². The summed E-state index contributed by atoms with van der Waals surface area (Å²) in [7, 11) is 0. The van der Waals surface area contributed by atoms with Crippen LogP contribution in [0.1, 0.15) is 40.5 Å². The average molecular weight is 224 g/mol. The highest BCUT2D eigenvalue weighted by molar-refractivity contribution is 5.92. The Balaban J connectivity index is 2.28. The Morgan fingerprint density at radius 3 is 2.31 bits per heavy atom. The zero-order valence-electron chi connectivity index (χ0n) is 10.9. The van der Waals surface area contributed by atoms with Gasteiger partial charge in [-0.1, -0.05) is 0 Å². The molecule has 0 fully saturated rings. The summed E-state index contributed by atoms with van der Waals surface area (Å²) in [4.78, 5) is 13.5. The first-order valence-corrected chi connectivity index (χ1v) is 6.23. The van der Waals surface area contributed by atoms with E-state index in [4.69, 9.17) is 0 Å². The molecule has 0 radical (unpaired) electrons. The lowest BCUT2D eigenvalue weighted by molar-refractivity contribution is -0.114. The van der Waals surface area contributed by atoms with Gasteiger partial charge in [0.2, 0.25) is 0 Å². The molecule has 1 aliphatic rings. The van der Waals surface area contributed by atoms with Crippen LogP contribution < -0.4 is 5.32 Å². The molecular weight excluding hydrogens is 200 g/mol. The molecule has 0 aromatic carbocycles. The van der Waals surface area contributed by atoms with Gasteiger partial charge in [-0.2, -0.15) is 0 Å². The highest BCUT2D eigenvalue weighted by atomic mass is 16.1. The second kappa shape index (κ2) is 6.04. The summed E-state index contributed by atoms with van der Waals surface area (Å²) in [5.74, 6) is 0.257. The normalized spacial score (nSPS) is 16.4. The first-order chi connectivity index (χ1) is 7.50. The molecular formula is C13H24N2O. The van der Waals surface area contributed by atoms with E-state index < -0.39 is 0 Å². The monoisotopic (exact) mass is 224 g/mol. The molecule has 0 spiro atoms. The van der Waals surface area contributed by atoms with Crippen molar-refractivity contribution in [3.05, 3.63) is 11.8 Å². The third kappa shape index (κ3) is 3.97. The van der Waals surface area contributed by atoms with Crippen molar-refractivity contribution >= 4 is 5.78 Å². The van der Waals surface area contributed by atoms with E-state index in [1.807, 2.05) is 0 Å². The fourth-order valence-corrected chi connectivity index (χ4v) is 2.19. The molecule has 3 nitrogen and oxygen atoms in total. The van der Waals surface area contributed by atoms with E-state index in [1.54, 1.807) is 6.08 Å². The maximum Gasteiger partial charge on any atom is 0.157 e. The van der Waals surface area contributed by atoms with E-state index in [9.17, 15) is 4.79 Å². The first-order valence-electron chi connectivity index (χ1n) is 6.23. The van der Waals surface area contributed by atoms with Crippen LogP contribution in [0.3, 0.4) is 0 Å². The Hall–Kier alpha value is -0.830. The van der Waals surface area contributed by atoms with Gasteiger partial charge in [0, 0.05) is 43.4 Å². The Morgan fingerprint density at radius 1 is 1.25 bits per heavy atom. The van der Waals surface area contributed by atoms with Crippen molar-refractivity contribution in [3.8, 4) is 0 Å². The quantitative estimate of drug-likeness (QED) is 0.748. The third-order valence-corrected chi connectivity index (χ3v) is 3.02. The number of carbonyl (C=O) groups excluding carboxylic acids is 1. The first kappa shape index (κ1) is 13.2. The zero-order chi connectivity index (χ0) is 12.1. The molecule has 0 atom stereocenters. The summed E-state index contributed by atoms with van der Waals surface area (Å²) in [6.07, 6.45) is 3.32. The Labute approximate surface area is 98.9 Å². The van der Waals surface area contributed by atoms with Crippen LogP contribution >= 0.6 is 0 Å². The Morgan fingerprint density at radius 2 is 1.88 bits per heavy atom. The van der Waals surface area contributed by atoms with Crippen LogP contribution in [0.5, 0.6) is 0 Å². The SMILES string of the molecule is CC(C)N(CCNC1=CC(=O)CC1)C(C)C. The molecule has 0 heterocycles. The summed E-state index contributed by atoms with van der Waals surface area (Å²) in [6, 6.07) is 1.14. The minimum atomic E-state index is 0.257. The topological polar surface area (TPSA) is 32.3 Å². The second-order valence-corrected chi connectivity index (χ2v) is 4.99. The maximum absolute atomic E-state index is 11.0. The summed E-state index contributed by atoms with van der Waals surface area (Å²) in [6.45, 7) is 10.8. The van der Waals surface area contributed by atoms with E-state index in [0.717, 1.165) is 25.2 Å². The zero-order valence-corrected chi connectivity index (χ0v) is 10.9. The van der Waals surface area contributed by atoms with E-state index in [2.05, 4.69) is 37.9 Å². The van der Waals surface area contributed by atoms with Gasteiger partial charge in [-0.15, -0.1) is 0 Å². The number of hydrogen-bond donors (Lipinski definition) is 1. The van der Waals surface area contributed by atoms with E-state index in [-0.39, 0.29) is 5.78 Å². The fraction of sp³-hybridized carbons (Fsp3) is 0.769. The van der Waals surface area contributed by atoms with Crippen LogP contribution in [-0.2, 0) is 4.79 Å². The van der Waals surface area contributed by atoms with Gasteiger partial charge in [0.05, 0.1) is 0 Å². The highest BCUT2D eigenvalue weighted by Crippen LogP contribution is 2.11. The molecule has 16 heavy (non-hydrogen) atoms. The number of allylic oxidation sites excluding steroid dienone is 2. The molecule has 3 heteroatoms. The van der Waals surface area contributed by atoms with Gasteiger partial charge >= 0.3 is 0 Å². The minimum Gasteiger partial charge on any atom is -0.387 e. The van der Waals surface area contributed by atoms with Gasteiger partial charge in [0.25, 0.3) is 0 Å². The van der Waals surface area contributed by atoms with Gasteiger partial charge in [-0.25, -0.2) is 0 Å². The van der Waals surface area contributed by atoms with Crippen molar-refractivity contribution in [2.45, 2.75) is 52.6 Å². The van der Waals surface area contributed by atoms with Gasteiger partial charge in [0.1, 0.15) is 0 Å². The summed E-state index contributed by atoms with van der Waals surface area (Å²) < 4.78 is 0. The number of nitrogens with one attached hydrogen (secondary N) is 1. The number of hydrogen-bond acceptors (Lipinski definition) is 3. The van der Waals surface area contributed by atoms with Crippen LogP contribution in [0.2, 0.25) is 0 Å². The van der Waals surface area contributed by atoms with Crippen molar-refractivity contribution < 1.29 is 4.79 Å².